The topological polar surface area (TPSA) is 65.9 Å². The Hall–Kier alpha value is -1.74. The molecule has 5 nitrogen and oxygen atoms in total. The van der Waals surface area contributed by atoms with Crippen LogP contribution < -0.4 is 15.4 Å². The molecule has 0 aliphatic carbocycles. The lowest BCUT2D eigenvalue weighted by Gasteiger charge is -2.18. The first-order valence-electron chi connectivity index (χ1n) is 7.82. The quantitative estimate of drug-likeness (QED) is 0.324. The molecule has 0 aromatic heterocycles. The maximum absolute atomic E-state index is 13.3. The number of guanidine groups is 1. The van der Waals surface area contributed by atoms with Crippen LogP contribution in [0.25, 0.3) is 0 Å². The van der Waals surface area contributed by atoms with Gasteiger partial charge in [0, 0.05) is 18.6 Å². The normalized spacial score (nSPS) is 12.1. The number of nitrogens with one attached hydrogen (secondary N) is 2. The molecule has 0 aliphatic rings. The second-order valence-electron chi connectivity index (χ2n) is 5.47. The van der Waals surface area contributed by atoms with Crippen molar-refractivity contribution in [2.24, 2.45) is 4.99 Å². The maximum Gasteiger partial charge on any atom is 0.191 e. The van der Waals surface area contributed by atoms with Gasteiger partial charge in [-0.25, -0.2) is 4.39 Å². The second kappa shape index (κ2) is 11.1. The first-order valence-corrected chi connectivity index (χ1v) is 8.20. The van der Waals surface area contributed by atoms with Gasteiger partial charge in [0.2, 0.25) is 0 Å². The van der Waals surface area contributed by atoms with Crippen LogP contribution in [0.5, 0.6) is 11.5 Å². The van der Waals surface area contributed by atoms with Crippen LogP contribution in [0.3, 0.4) is 0 Å². The molecule has 0 heterocycles. The van der Waals surface area contributed by atoms with E-state index in [1.165, 1.54) is 12.1 Å². The van der Waals surface area contributed by atoms with Gasteiger partial charge in [0.25, 0.3) is 0 Å². The first kappa shape index (κ1) is 22.3. The third kappa shape index (κ3) is 7.25. The van der Waals surface area contributed by atoms with Crippen LogP contribution in [-0.2, 0) is 6.54 Å². The number of phenolic OH excluding ortho intramolecular Hbond substituents is 1. The van der Waals surface area contributed by atoms with Crippen LogP contribution in [0.2, 0.25) is 5.02 Å². The number of ether oxygens (including phenoxy) is 1. The average molecular weight is 494 g/mol. The van der Waals surface area contributed by atoms with Gasteiger partial charge in [-0.05, 0) is 48.9 Å². The van der Waals surface area contributed by atoms with E-state index in [9.17, 15) is 9.50 Å². The number of nitrogens with zero attached hydrogens (tertiary/aromatic N) is 1. The van der Waals surface area contributed by atoms with Crippen molar-refractivity contribution in [3.8, 4) is 11.5 Å². The average Bonchev–Trinajstić information content (AvgIpc) is 2.60. The Morgan fingerprint density at radius 2 is 1.92 bits per heavy atom. The van der Waals surface area contributed by atoms with Crippen molar-refractivity contribution in [1.82, 2.24) is 10.6 Å². The van der Waals surface area contributed by atoms with Crippen molar-refractivity contribution >= 4 is 41.5 Å². The molecule has 0 saturated heterocycles. The summed E-state index contributed by atoms with van der Waals surface area (Å²) in [5.74, 6) is 0.299. The minimum atomic E-state index is -0.646. The van der Waals surface area contributed by atoms with Gasteiger partial charge in [-0.1, -0.05) is 17.7 Å². The molecule has 142 valence electrons. The fourth-order valence-electron chi connectivity index (χ4n) is 2.09. The van der Waals surface area contributed by atoms with E-state index < -0.39 is 5.82 Å². The highest BCUT2D eigenvalue weighted by atomic mass is 127. The Labute approximate surface area is 174 Å². The molecular formula is C18H22ClFIN3O2. The van der Waals surface area contributed by atoms with Crippen molar-refractivity contribution in [3.63, 3.8) is 0 Å². The summed E-state index contributed by atoms with van der Waals surface area (Å²) >= 11 is 5.84. The third-order valence-corrected chi connectivity index (χ3v) is 3.66. The van der Waals surface area contributed by atoms with Crippen molar-refractivity contribution in [3.05, 3.63) is 58.9 Å². The van der Waals surface area contributed by atoms with Gasteiger partial charge in [0.05, 0.1) is 6.54 Å². The molecule has 0 amide bonds. The molecule has 0 fully saturated rings. The summed E-state index contributed by atoms with van der Waals surface area (Å²) < 4.78 is 19.1. The number of phenols is 1. The first-order chi connectivity index (χ1) is 12.0. The summed E-state index contributed by atoms with van der Waals surface area (Å²) in [5.41, 5.74) is 0.698. The van der Waals surface area contributed by atoms with Crippen molar-refractivity contribution < 1.29 is 14.2 Å². The van der Waals surface area contributed by atoms with E-state index in [2.05, 4.69) is 15.6 Å². The fourth-order valence-corrected chi connectivity index (χ4v) is 2.22. The third-order valence-electron chi connectivity index (χ3n) is 3.40. The van der Waals surface area contributed by atoms with Crippen molar-refractivity contribution in [2.45, 2.75) is 19.6 Å². The van der Waals surface area contributed by atoms with Crippen molar-refractivity contribution in [1.29, 1.82) is 0 Å². The summed E-state index contributed by atoms with van der Waals surface area (Å²) in [7, 11) is 1.65. The molecule has 0 radical (unpaired) electrons. The molecule has 26 heavy (non-hydrogen) atoms. The molecule has 0 aliphatic heterocycles. The summed E-state index contributed by atoms with van der Waals surface area (Å²) in [6, 6.07) is 11.4. The Morgan fingerprint density at radius 1 is 1.23 bits per heavy atom. The number of aromatic hydroxyl groups is 1. The summed E-state index contributed by atoms with van der Waals surface area (Å²) in [6.45, 7) is 2.85. The summed E-state index contributed by atoms with van der Waals surface area (Å²) in [4.78, 5) is 4.11. The Kier molecular flexibility index (Phi) is 9.50. The minimum Gasteiger partial charge on any atom is -0.505 e. The molecule has 8 heteroatoms. The van der Waals surface area contributed by atoms with Crippen molar-refractivity contribution in [2.75, 3.05) is 13.6 Å². The Balaban J connectivity index is 0.00000338. The van der Waals surface area contributed by atoms with Gasteiger partial charge in [-0.3, -0.25) is 4.99 Å². The highest BCUT2D eigenvalue weighted by molar-refractivity contribution is 14.0. The van der Waals surface area contributed by atoms with E-state index in [-0.39, 0.29) is 35.8 Å². The van der Waals surface area contributed by atoms with Crippen LogP contribution >= 0.6 is 35.6 Å². The molecule has 0 spiro atoms. The lowest BCUT2D eigenvalue weighted by molar-refractivity contribution is 0.224. The van der Waals surface area contributed by atoms with E-state index in [1.54, 1.807) is 25.2 Å². The number of aliphatic imine (C=N–C) groups is 1. The Morgan fingerprint density at radius 3 is 2.54 bits per heavy atom. The van der Waals surface area contributed by atoms with Gasteiger partial charge in [0.1, 0.15) is 11.9 Å². The van der Waals surface area contributed by atoms with E-state index in [4.69, 9.17) is 16.3 Å². The van der Waals surface area contributed by atoms with Gasteiger partial charge in [0.15, 0.2) is 17.5 Å². The molecule has 1 atom stereocenters. The predicted molar refractivity (Wildman–Crippen MR) is 113 cm³/mol. The predicted octanol–water partition coefficient (Wildman–Crippen LogP) is 3.94. The zero-order valence-corrected chi connectivity index (χ0v) is 17.6. The number of hydrogen-bond acceptors (Lipinski definition) is 3. The Bertz CT molecular complexity index is 729. The highest BCUT2D eigenvalue weighted by Crippen LogP contribution is 2.17. The second-order valence-corrected chi connectivity index (χ2v) is 5.91. The molecule has 0 saturated carbocycles. The molecule has 1 unspecified atom stereocenters. The highest BCUT2D eigenvalue weighted by Gasteiger charge is 2.07. The van der Waals surface area contributed by atoms with E-state index >= 15 is 0 Å². The minimum absolute atomic E-state index is 0. The zero-order chi connectivity index (χ0) is 18.2. The summed E-state index contributed by atoms with van der Waals surface area (Å²) in [5, 5.41) is 16.1. The fraction of sp³-hybridized carbons (Fsp3) is 0.278. The molecule has 2 aromatic carbocycles. The van der Waals surface area contributed by atoms with E-state index in [1.807, 2.05) is 19.1 Å². The van der Waals surface area contributed by atoms with E-state index in [0.29, 0.717) is 29.6 Å². The number of halogens is 3. The van der Waals surface area contributed by atoms with Gasteiger partial charge >= 0.3 is 0 Å². The molecule has 3 N–H and O–H groups in total. The summed E-state index contributed by atoms with van der Waals surface area (Å²) in [6.07, 6.45) is -0.0918. The molecular weight excluding hydrogens is 472 g/mol. The van der Waals surface area contributed by atoms with Gasteiger partial charge < -0.3 is 20.5 Å². The largest absolute Gasteiger partial charge is 0.505 e. The number of benzene rings is 2. The molecule has 0 bridgehead atoms. The van der Waals surface area contributed by atoms with Gasteiger partial charge in [-0.2, -0.15) is 0 Å². The van der Waals surface area contributed by atoms with Gasteiger partial charge in [-0.15, -0.1) is 24.0 Å². The number of hydrogen-bond donors (Lipinski definition) is 3. The standard InChI is InChI=1S/C18H21ClFN3O2.HI/c1-12(25-15-6-4-14(19)5-7-15)10-22-18(21-2)23-11-13-3-8-17(24)16(20)9-13;/h3-9,12,24H,10-11H2,1-2H3,(H2,21,22,23);1H. The monoisotopic (exact) mass is 493 g/mol. The zero-order valence-electron chi connectivity index (χ0n) is 14.5. The van der Waals surface area contributed by atoms with Crippen LogP contribution in [-0.4, -0.2) is 30.8 Å². The smallest absolute Gasteiger partial charge is 0.191 e. The lowest BCUT2D eigenvalue weighted by Crippen LogP contribution is -2.41. The molecule has 2 rings (SSSR count). The van der Waals surface area contributed by atoms with Crippen LogP contribution in [0.15, 0.2) is 47.5 Å². The van der Waals surface area contributed by atoms with E-state index in [0.717, 1.165) is 5.75 Å². The maximum atomic E-state index is 13.3. The number of rotatable bonds is 6. The van der Waals surface area contributed by atoms with Crippen LogP contribution in [0.4, 0.5) is 4.39 Å². The van der Waals surface area contributed by atoms with Crippen LogP contribution in [0, 0.1) is 5.82 Å². The molecule has 2 aromatic rings. The van der Waals surface area contributed by atoms with Crippen LogP contribution in [0.1, 0.15) is 12.5 Å². The SMILES string of the molecule is CN=C(NCc1ccc(O)c(F)c1)NCC(C)Oc1ccc(Cl)cc1.I. The lowest BCUT2D eigenvalue weighted by atomic mass is 10.2.